The molecule has 0 atom stereocenters. The highest BCUT2D eigenvalue weighted by molar-refractivity contribution is 5.74. The van der Waals surface area contributed by atoms with E-state index < -0.39 is 17.6 Å². The Kier molecular flexibility index (Phi) is 5.22. The van der Waals surface area contributed by atoms with Crippen LogP contribution in [-0.4, -0.2) is 15.7 Å². The number of esters is 1. The molecule has 0 saturated heterocycles. The number of nitrogens with zero attached hydrogens (tertiary/aromatic N) is 2. The predicted octanol–water partition coefficient (Wildman–Crippen LogP) is 4.21. The Morgan fingerprint density at radius 2 is 1.92 bits per heavy atom. The minimum absolute atomic E-state index is 0.0834. The number of ether oxygens (including phenoxy) is 1. The van der Waals surface area contributed by atoms with E-state index in [1.165, 1.54) is 17.0 Å². The normalized spacial score (nSPS) is 10.5. The van der Waals surface area contributed by atoms with Gasteiger partial charge in [-0.25, -0.2) is 8.78 Å². The lowest BCUT2D eigenvalue weighted by Crippen LogP contribution is -2.13. The highest BCUT2D eigenvalue weighted by Gasteiger charge is 2.13. The lowest BCUT2D eigenvalue weighted by atomic mass is 10.0. The fraction of sp³-hybridized carbons (Fsp3) is 0.100. The number of carbonyl (C=O) groups is 1. The molecule has 132 valence electrons. The van der Waals surface area contributed by atoms with E-state index >= 15 is 0 Å². The first-order valence-corrected chi connectivity index (χ1v) is 7.90. The summed E-state index contributed by atoms with van der Waals surface area (Å²) in [6.07, 6.45) is 4.48. The quantitative estimate of drug-likeness (QED) is 0.623. The van der Waals surface area contributed by atoms with Crippen LogP contribution in [0.3, 0.4) is 0 Å². The van der Waals surface area contributed by atoms with Crippen LogP contribution in [0.15, 0.2) is 61.4 Å². The van der Waals surface area contributed by atoms with Gasteiger partial charge in [0, 0.05) is 11.8 Å². The van der Waals surface area contributed by atoms with E-state index in [0.717, 1.165) is 17.7 Å². The molecule has 2 aromatic carbocycles. The van der Waals surface area contributed by atoms with Gasteiger partial charge in [-0.1, -0.05) is 43.0 Å². The third-order valence-corrected chi connectivity index (χ3v) is 3.79. The number of hydrogen-bond donors (Lipinski definition) is 0. The summed E-state index contributed by atoms with van der Waals surface area (Å²) in [5, 5.41) is 4.08. The van der Waals surface area contributed by atoms with Crippen molar-refractivity contribution >= 4 is 12.0 Å². The zero-order valence-electron chi connectivity index (χ0n) is 13.9. The molecular weight excluding hydrogens is 338 g/mol. The second-order valence-corrected chi connectivity index (χ2v) is 5.63. The van der Waals surface area contributed by atoms with E-state index in [1.54, 1.807) is 6.20 Å². The number of carbonyl (C=O) groups excluding carboxylic acids is 1. The Morgan fingerprint density at radius 1 is 1.19 bits per heavy atom. The zero-order chi connectivity index (χ0) is 18.5. The fourth-order valence-electron chi connectivity index (χ4n) is 2.49. The number of aromatic nitrogens is 2. The van der Waals surface area contributed by atoms with Gasteiger partial charge in [0.1, 0.15) is 13.2 Å². The Bertz CT molecular complexity index is 936. The van der Waals surface area contributed by atoms with Crippen LogP contribution in [0.5, 0.6) is 0 Å². The molecule has 0 N–H and O–H groups in total. The summed E-state index contributed by atoms with van der Waals surface area (Å²) >= 11 is 0. The van der Waals surface area contributed by atoms with Gasteiger partial charge in [-0.15, -0.1) is 0 Å². The fourth-order valence-corrected chi connectivity index (χ4v) is 2.49. The van der Waals surface area contributed by atoms with Crippen LogP contribution in [0.4, 0.5) is 8.78 Å². The van der Waals surface area contributed by atoms with Crippen LogP contribution >= 0.6 is 0 Å². The second kappa shape index (κ2) is 7.74. The van der Waals surface area contributed by atoms with Crippen LogP contribution < -0.4 is 0 Å². The summed E-state index contributed by atoms with van der Waals surface area (Å²) < 4.78 is 33.5. The van der Waals surface area contributed by atoms with Gasteiger partial charge in [-0.05, 0) is 28.8 Å². The summed E-state index contributed by atoms with van der Waals surface area (Å²) in [6, 6.07) is 11.5. The van der Waals surface area contributed by atoms with Gasteiger partial charge < -0.3 is 4.74 Å². The molecule has 0 radical (unpaired) electrons. The Morgan fingerprint density at radius 3 is 2.65 bits per heavy atom. The SMILES string of the molecule is C=Cc1cc(F)c(F)cc1-c1cnn(CC(=O)OCc2ccccc2)c1. The largest absolute Gasteiger partial charge is 0.459 e. The monoisotopic (exact) mass is 354 g/mol. The summed E-state index contributed by atoms with van der Waals surface area (Å²) in [7, 11) is 0. The first-order chi connectivity index (χ1) is 12.6. The third kappa shape index (κ3) is 4.03. The van der Waals surface area contributed by atoms with Crippen molar-refractivity contribution < 1.29 is 18.3 Å². The molecule has 0 spiro atoms. The van der Waals surface area contributed by atoms with E-state index in [1.807, 2.05) is 30.3 Å². The molecular formula is C20H16F2N2O2. The van der Waals surface area contributed by atoms with Crippen molar-refractivity contribution in [3.8, 4) is 11.1 Å². The number of halogens is 2. The molecule has 0 aliphatic rings. The molecule has 0 aliphatic heterocycles. The van der Waals surface area contributed by atoms with Gasteiger partial charge in [-0.3, -0.25) is 9.48 Å². The Labute approximate surface area is 149 Å². The van der Waals surface area contributed by atoms with E-state index in [2.05, 4.69) is 11.7 Å². The molecule has 0 fully saturated rings. The highest BCUT2D eigenvalue weighted by atomic mass is 19.2. The summed E-state index contributed by atoms with van der Waals surface area (Å²) in [4.78, 5) is 11.9. The Hall–Kier alpha value is -3.28. The number of hydrogen-bond acceptors (Lipinski definition) is 3. The lowest BCUT2D eigenvalue weighted by molar-refractivity contribution is -0.145. The van der Waals surface area contributed by atoms with Crippen LogP contribution in [0.25, 0.3) is 17.2 Å². The van der Waals surface area contributed by atoms with Crippen molar-refractivity contribution in [2.75, 3.05) is 0 Å². The molecule has 26 heavy (non-hydrogen) atoms. The minimum Gasteiger partial charge on any atom is -0.459 e. The number of rotatable bonds is 6. The van der Waals surface area contributed by atoms with Crippen LogP contribution in [0.2, 0.25) is 0 Å². The maximum Gasteiger partial charge on any atom is 0.328 e. The summed E-state index contributed by atoms with van der Waals surface area (Å²) in [6.45, 7) is 3.70. The van der Waals surface area contributed by atoms with E-state index in [9.17, 15) is 13.6 Å². The molecule has 6 heteroatoms. The van der Waals surface area contributed by atoms with Crippen molar-refractivity contribution in [3.05, 3.63) is 84.2 Å². The Balaban J connectivity index is 1.69. The van der Waals surface area contributed by atoms with Crippen LogP contribution in [0.1, 0.15) is 11.1 Å². The second-order valence-electron chi connectivity index (χ2n) is 5.63. The van der Waals surface area contributed by atoms with Crippen molar-refractivity contribution in [2.45, 2.75) is 13.2 Å². The van der Waals surface area contributed by atoms with E-state index in [4.69, 9.17) is 4.74 Å². The van der Waals surface area contributed by atoms with E-state index in [0.29, 0.717) is 16.7 Å². The van der Waals surface area contributed by atoms with Gasteiger partial charge in [0.2, 0.25) is 0 Å². The molecule has 3 aromatic rings. The highest BCUT2D eigenvalue weighted by Crippen LogP contribution is 2.26. The zero-order valence-corrected chi connectivity index (χ0v) is 13.9. The molecule has 0 saturated carbocycles. The lowest BCUT2D eigenvalue weighted by Gasteiger charge is -2.06. The van der Waals surface area contributed by atoms with Crippen molar-refractivity contribution in [1.29, 1.82) is 0 Å². The van der Waals surface area contributed by atoms with Gasteiger partial charge in [-0.2, -0.15) is 5.10 Å². The standard InChI is InChI=1S/C20H16F2N2O2/c1-2-15-8-18(21)19(22)9-17(15)16-10-23-24(11-16)12-20(25)26-13-14-6-4-3-5-7-14/h2-11H,1,12-13H2. The first-order valence-electron chi connectivity index (χ1n) is 7.90. The van der Waals surface area contributed by atoms with Crippen LogP contribution in [0, 0.1) is 11.6 Å². The van der Waals surface area contributed by atoms with Crippen LogP contribution in [-0.2, 0) is 22.7 Å². The molecule has 0 unspecified atom stereocenters. The van der Waals surface area contributed by atoms with Crippen molar-refractivity contribution in [1.82, 2.24) is 9.78 Å². The van der Waals surface area contributed by atoms with Gasteiger partial charge in [0.15, 0.2) is 11.6 Å². The minimum atomic E-state index is -0.958. The molecule has 0 bridgehead atoms. The number of benzene rings is 2. The summed E-state index contributed by atoms with van der Waals surface area (Å²) in [5.41, 5.74) is 2.33. The molecule has 4 nitrogen and oxygen atoms in total. The molecule has 0 amide bonds. The first kappa shape index (κ1) is 17.5. The third-order valence-electron chi connectivity index (χ3n) is 3.79. The smallest absolute Gasteiger partial charge is 0.328 e. The molecule has 3 rings (SSSR count). The molecule has 1 aromatic heterocycles. The van der Waals surface area contributed by atoms with Crippen molar-refractivity contribution in [3.63, 3.8) is 0 Å². The predicted molar refractivity (Wildman–Crippen MR) is 93.9 cm³/mol. The summed E-state index contributed by atoms with van der Waals surface area (Å²) in [5.74, 6) is -2.35. The topological polar surface area (TPSA) is 44.1 Å². The van der Waals surface area contributed by atoms with Gasteiger partial charge >= 0.3 is 5.97 Å². The maximum atomic E-state index is 13.5. The molecule has 0 aliphatic carbocycles. The maximum absolute atomic E-state index is 13.5. The van der Waals surface area contributed by atoms with Crippen molar-refractivity contribution in [2.24, 2.45) is 0 Å². The average Bonchev–Trinajstić information content (AvgIpc) is 3.11. The molecule has 1 heterocycles. The average molecular weight is 354 g/mol. The van der Waals surface area contributed by atoms with E-state index in [-0.39, 0.29) is 13.2 Å². The van der Waals surface area contributed by atoms with Gasteiger partial charge in [0.25, 0.3) is 0 Å². The van der Waals surface area contributed by atoms with Gasteiger partial charge in [0.05, 0.1) is 6.20 Å².